The van der Waals surface area contributed by atoms with Crippen LogP contribution in [0.3, 0.4) is 0 Å². The molecule has 0 fully saturated rings. The number of halogens is 1. The summed E-state index contributed by atoms with van der Waals surface area (Å²) in [4.78, 5) is 19.9. The van der Waals surface area contributed by atoms with Crippen LogP contribution in [-0.4, -0.2) is 46.2 Å². The third-order valence-electron chi connectivity index (χ3n) is 6.66. The van der Waals surface area contributed by atoms with Crippen molar-refractivity contribution >= 4 is 11.6 Å². The minimum Gasteiger partial charge on any atom is -0.493 e. The summed E-state index contributed by atoms with van der Waals surface area (Å²) in [6.07, 6.45) is 4.71. The van der Waals surface area contributed by atoms with Crippen LogP contribution in [0.1, 0.15) is 33.2 Å². The second-order valence-electron chi connectivity index (χ2n) is 8.29. The Hall–Kier alpha value is -3.94. The number of fused-ring (bicyclic) bond motifs is 6. The summed E-state index contributed by atoms with van der Waals surface area (Å²) in [5.74, 6) is 0.993. The quantitative estimate of drug-likeness (QED) is 0.480. The lowest BCUT2D eigenvalue weighted by atomic mass is 9.85. The number of ether oxygens (including phenoxy) is 2. The van der Waals surface area contributed by atoms with Crippen LogP contribution in [0.4, 0.5) is 4.39 Å². The standard InChI is InChI=1S/C25H21FN4O3/c1-32-22-9-15-7-8-29-20(17(15)10-23(22)33-2)11-21-19(25(29)31)12-27-24-18(13-28-30(21)24)14-3-5-16(26)6-4-14/h3-6,9-10,12-13,20H,7-8,11H2,1-2H3/t20-/m0/s1. The molecule has 1 amide bonds. The molecule has 0 N–H and O–H groups in total. The Morgan fingerprint density at radius 2 is 1.79 bits per heavy atom. The van der Waals surface area contributed by atoms with E-state index in [4.69, 9.17) is 9.47 Å². The molecule has 0 saturated carbocycles. The maximum absolute atomic E-state index is 13.4. The van der Waals surface area contributed by atoms with Crippen molar-refractivity contribution in [3.8, 4) is 22.6 Å². The molecule has 4 aromatic rings. The molecule has 0 spiro atoms. The zero-order chi connectivity index (χ0) is 22.7. The average molecular weight is 444 g/mol. The first kappa shape index (κ1) is 19.7. The van der Waals surface area contributed by atoms with Crippen LogP contribution in [0.2, 0.25) is 0 Å². The number of carbonyl (C=O) groups is 1. The fourth-order valence-electron chi connectivity index (χ4n) is 5.02. The van der Waals surface area contributed by atoms with Gasteiger partial charge in [0, 0.05) is 24.7 Å². The smallest absolute Gasteiger partial charge is 0.257 e. The summed E-state index contributed by atoms with van der Waals surface area (Å²) in [6, 6.07) is 10.1. The van der Waals surface area contributed by atoms with Gasteiger partial charge in [0.15, 0.2) is 17.1 Å². The number of amides is 1. The zero-order valence-electron chi connectivity index (χ0n) is 18.2. The van der Waals surface area contributed by atoms with Crippen LogP contribution in [-0.2, 0) is 12.8 Å². The zero-order valence-corrected chi connectivity index (χ0v) is 18.2. The minimum absolute atomic E-state index is 0.0464. The van der Waals surface area contributed by atoms with Gasteiger partial charge in [0.1, 0.15) is 5.82 Å². The Bertz CT molecular complexity index is 1410. The highest BCUT2D eigenvalue weighted by atomic mass is 19.1. The van der Waals surface area contributed by atoms with Gasteiger partial charge in [-0.25, -0.2) is 13.9 Å². The number of methoxy groups -OCH3 is 2. The Balaban J connectivity index is 1.48. The number of nitrogens with zero attached hydrogens (tertiary/aromatic N) is 4. The summed E-state index contributed by atoms with van der Waals surface area (Å²) in [5, 5.41) is 4.56. The van der Waals surface area contributed by atoms with Crippen LogP contribution >= 0.6 is 0 Å². The molecule has 0 aliphatic carbocycles. The van der Waals surface area contributed by atoms with E-state index in [1.807, 2.05) is 17.0 Å². The first-order chi connectivity index (χ1) is 16.1. The summed E-state index contributed by atoms with van der Waals surface area (Å²) < 4.78 is 26.1. The SMILES string of the molecule is COc1cc2c(cc1OC)[C@@H]1Cc3c(cnc4c(-c5ccc(F)cc5)cnn34)C(=O)N1CC2. The number of hydrogen-bond donors (Lipinski definition) is 0. The van der Waals surface area contributed by atoms with E-state index < -0.39 is 0 Å². The first-order valence-corrected chi connectivity index (χ1v) is 10.8. The molecule has 33 heavy (non-hydrogen) atoms. The largest absolute Gasteiger partial charge is 0.493 e. The number of rotatable bonds is 3. The highest BCUT2D eigenvalue weighted by Crippen LogP contribution is 2.42. The molecule has 2 aliphatic heterocycles. The number of aromatic nitrogens is 3. The highest BCUT2D eigenvalue weighted by molar-refractivity contribution is 5.97. The summed E-state index contributed by atoms with van der Waals surface area (Å²) in [6.45, 7) is 0.628. The van der Waals surface area contributed by atoms with Gasteiger partial charge in [0.2, 0.25) is 0 Å². The molecule has 0 unspecified atom stereocenters. The molecular formula is C25H21FN4O3. The van der Waals surface area contributed by atoms with Crippen LogP contribution in [0.25, 0.3) is 16.8 Å². The average Bonchev–Trinajstić information content (AvgIpc) is 3.28. The van der Waals surface area contributed by atoms with Gasteiger partial charge in [-0.05, 0) is 47.4 Å². The topological polar surface area (TPSA) is 69.0 Å². The molecule has 8 heteroatoms. The monoisotopic (exact) mass is 444 g/mol. The van der Waals surface area contributed by atoms with Gasteiger partial charge >= 0.3 is 0 Å². The van der Waals surface area contributed by atoms with Crippen molar-refractivity contribution in [3.05, 3.63) is 77.0 Å². The lowest BCUT2D eigenvalue weighted by Crippen LogP contribution is -2.45. The van der Waals surface area contributed by atoms with Crippen LogP contribution in [0.15, 0.2) is 48.8 Å². The fraction of sp³-hybridized carbons (Fsp3) is 0.240. The van der Waals surface area contributed by atoms with Gasteiger partial charge in [-0.1, -0.05) is 12.1 Å². The third kappa shape index (κ3) is 2.90. The van der Waals surface area contributed by atoms with Gasteiger partial charge in [-0.2, -0.15) is 5.10 Å². The molecule has 2 aliphatic rings. The van der Waals surface area contributed by atoms with Crippen molar-refractivity contribution in [2.24, 2.45) is 0 Å². The molecule has 2 aromatic heterocycles. The summed E-state index contributed by atoms with van der Waals surface area (Å²) >= 11 is 0. The highest BCUT2D eigenvalue weighted by Gasteiger charge is 2.39. The molecule has 4 heterocycles. The molecule has 6 rings (SSSR count). The summed E-state index contributed by atoms with van der Waals surface area (Å²) in [7, 11) is 3.24. The molecular weight excluding hydrogens is 423 g/mol. The Kier molecular flexibility index (Phi) is 4.36. The second-order valence-corrected chi connectivity index (χ2v) is 8.29. The minimum atomic E-state index is -0.297. The third-order valence-corrected chi connectivity index (χ3v) is 6.66. The molecule has 0 saturated heterocycles. The number of hydrogen-bond acceptors (Lipinski definition) is 5. The van der Waals surface area contributed by atoms with Crippen molar-refractivity contribution in [2.45, 2.75) is 18.9 Å². The predicted molar refractivity (Wildman–Crippen MR) is 119 cm³/mol. The van der Waals surface area contributed by atoms with Gasteiger partial charge in [0.25, 0.3) is 5.91 Å². The van der Waals surface area contributed by atoms with E-state index in [0.717, 1.165) is 34.4 Å². The molecule has 0 bridgehead atoms. The van der Waals surface area contributed by atoms with Crippen molar-refractivity contribution in [2.75, 3.05) is 20.8 Å². The van der Waals surface area contributed by atoms with Gasteiger partial charge in [-0.3, -0.25) is 4.79 Å². The maximum Gasteiger partial charge on any atom is 0.257 e. The second kappa shape index (κ2) is 7.30. The normalized spacial score (nSPS) is 16.9. The van der Waals surface area contributed by atoms with Gasteiger partial charge in [-0.15, -0.1) is 0 Å². The fourth-order valence-corrected chi connectivity index (χ4v) is 5.02. The van der Waals surface area contributed by atoms with Gasteiger partial charge in [0.05, 0.1) is 37.7 Å². The van der Waals surface area contributed by atoms with E-state index in [9.17, 15) is 9.18 Å². The lowest BCUT2D eigenvalue weighted by Gasteiger charge is -2.41. The van der Waals surface area contributed by atoms with E-state index in [2.05, 4.69) is 10.1 Å². The van der Waals surface area contributed by atoms with Crippen molar-refractivity contribution < 1.29 is 18.7 Å². The lowest BCUT2D eigenvalue weighted by molar-refractivity contribution is 0.0626. The predicted octanol–water partition coefficient (Wildman–Crippen LogP) is 3.85. The van der Waals surface area contributed by atoms with Crippen LogP contribution in [0.5, 0.6) is 11.5 Å². The van der Waals surface area contributed by atoms with Crippen molar-refractivity contribution in [3.63, 3.8) is 0 Å². The van der Waals surface area contributed by atoms with E-state index in [1.165, 1.54) is 12.1 Å². The van der Waals surface area contributed by atoms with Crippen LogP contribution in [0, 0.1) is 5.82 Å². The maximum atomic E-state index is 13.4. The molecule has 0 radical (unpaired) electrons. The first-order valence-electron chi connectivity index (χ1n) is 10.8. The Labute approximate surface area is 189 Å². The van der Waals surface area contributed by atoms with E-state index in [-0.39, 0.29) is 17.8 Å². The Morgan fingerprint density at radius 1 is 1.03 bits per heavy atom. The number of benzene rings is 2. The number of carbonyl (C=O) groups excluding carboxylic acids is 1. The Morgan fingerprint density at radius 3 is 2.55 bits per heavy atom. The van der Waals surface area contributed by atoms with Crippen molar-refractivity contribution in [1.82, 2.24) is 19.5 Å². The molecule has 1 atom stereocenters. The molecule has 2 aromatic carbocycles. The van der Waals surface area contributed by atoms with Crippen LogP contribution < -0.4 is 9.47 Å². The summed E-state index contributed by atoms with van der Waals surface area (Å²) in [5.41, 5.74) is 5.87. The molecule has 166 valence electrons. The van der Waals surface area contributed by atoms with E-state index in [0.29, 0.717) is 35.7 Å². The van der Waals surface area contributed by atoms with Gasteiger partial charge < -0.3 is 14.4 Å². The van der Waals surface area contributed by atoms with E-state index >= 15 is 0 Å². The van der Waals surface area contributed by atoms with E-state index in [1.54, 1.807) is 43.3 Å². The molecule has 7 nitrogen and oxygen atoms in total. The van der Waals surface area contributed by atoms with Crippen molar-refractivity contribution in [1.29, 1.82) is 0 Å².